The number of benzene rings is 4. The minimum Gasteiger partial charge on any atom is -0.496 e. The maximum absolute atomic E-state index is 13.2. The van der Waals surface area contributed by atoms with E-state index in [9.17, 15) is 38.4 Å². The monoisotopic (exact) mass is 2110 g/mol. The van der Waals surface area contributed by atoms with Crippen LogP contribution in [0, 0.1) is 0 Å². The van der Waals surface area contributed by atoms with E-state index in [-0.39, 0.29) is 70.0 Å². The van der Waals surface area contributed by atoms with E-state index in [1.54, 1.807) is 77.2 Å². The first-order valence-electron chi connectivity index (χ1n) is 52.8. The molecular formula is C115H132ClN21O9S4. The number of amides is 4. The Kier molecular flexibility index (Phi) is 32.5. The van der Waals surface area contributed by atoms with Gasteiger partial charge in [-0.25, -0.2) is 4.98 Å². The summed E-state index contributed by atoms with van der Waals surface area (Å²) in [5, 5.41) is 16.7. The van der Waals surface area contributed by atoms with Crippen LogP contribution in [0.2, 0.25) is 4.34 Å². The summed E-state index contributed by atoms with van der Waals surface area (Å²) >= 11 is 12.8. The fourth-order valence-corrected chi connectivity index (χ4v) is 26.4. The SMILES string of the molecule is CC(Cc1ccc(Cl)s1)Nc1cc[nH]c(=O)c1C1=Nc2cc3c(cc2C1)C(=O)N(CCCN1CCCC1)C3.CC(Cc1cccs1)N(C)c1cc[nH]c(=O)c1C1=Nc2cc3c(cc2C1)C(=O)N(CCCN1CCCC1)C3.COc1ccsc1C[C@H](C)Nc1cc[nH]c(=O)c1-c1nc2cc3c(cc2[nH]1)CN(CCCN1CCCC1)C3=O.C[C@@H](Cc1cccs1)Nc1cc[nH]c(=O)c1C1=Nc2cc3c(cc2C1)C(=O)N(CCCN(C)C)C3. The lowest BCUT2D eigenvalue weighted by Crippen LogP contribution is -2.34. The van der Waals surface area contributed by atoms with Crippen LogP contribution in [0.1, 0.15) is 208 Å². The van der Waals surface area contributed by atoms with Gasteiger partial charge in [-0.2, -0.15) is 0 Å². The second kappa shape index (κ2) is 46.8. The standard InChI is InChI=1S/C30H35N5O2S.C29H32ClN5O2S.C29H34N6O3S.C27H31N5O2S/c1-20(15-23-7-5-14-38-23)33(2)27-8-9-31-29(36)28(27)26-17-21-16-24-22(18-25(21)32-26)19-35(30(24)37)13-6-12-34-10-3-4-11-34;1-18(13-21-5-6-26(30)38-21)32-23-7-8-31-28(36)27(23)25-15-19-14-22-20(16-24(19)33-25)17-35(29(22)37)12-4-11-34-9-2-3-10-34;1-18(14-25-24(38-2)7-13-39-25)31-21-6-8-30-28(36)26(21)27-32-22-15-19-17-35(12-5-11-34-9-3-4-10-34)29(37)20(19)16-23(22)33-27;1-17(12-20-6-4-11-35-20)29-22-7-8-28-26(33)25(22)24-14-18-13-21-19(15-23(18)30-24)16-32(27(21)34)10-5-9-31(2)3/h5,7-9,14,16,18,20H,3-4,6,10-13,15,17,19H2,1-2H3,(H,31,36);5-8,14,16,18H,2-4,9-13,15,17H2,1H3,(H2,31,32,36);6-8,13,15-16,18H,3-5,9-12,14,17H2,1-2H3,(H,32,33)(H2,30,31,36);4,6-8,11,13,15,17H,5,9-10,12,14,16H2,1-3H3,(H2,28,29,33)/t;;18-;17-/m..00/s1. The Morgan fingerprint density at radius 3 is 1.27 bits per heavy atom. The molecule has 10 aliphatic rings. The molecule has 4 amide bonds. The fourth-order valence-electron chi connectivity index (χ4n) is 22.5. The van der Waals surface area contributed by atoms with Crippen molar-refractivity contribution in [1.29, 1.82) is 0 Å². The summed E-state index contributed by atoms with van der Waals surface area (Å²) in [6.45, 7) is 25.3. The molecule has 35 heteroatoms. The van der Waals surface area contributed by atoms with Crippen LogP contribution in [0.25, 0.3) is 22.4 Å². The topological polar surface area (TPSA) is 340 Å². The zero-order valence-corrected chi connectivity index (χ0v) is 90.6. The Morgan fingerprint density at radius 1 is 0.420 bits per heavy atom. The first-order valence-corrected chi connectivity index (χ1v) is 56.7. The minimum atomic E-state index is -0.229. The summed E-state index contributed by atoms with van der Waals surface area (Å²) in [5.41, 5.74) is 21.2. The van der Waals surface area contributed by atoms with Gasteiger partial charge in [-0.3, -0.25) is 53.3 Å². The molecule has 30 nitrogen and oxygen atoms in total. The van der Waals surface area contributed by atoms with Crippen molar-refractivity contribution in [3.8, 4) is 17.1 Å². The van der Waals surface area contributed by atoms with Crippen molar-refractivity contribution >= 4 is 149 Å². The van der Waals surface area contributed by atoms with Gasteiger partial charge in [0.1, 0.15) is 17.1 Å². The van der Waals surface area contributed by atoms with E-state index in [0.717, 1.165) is 231 Å². The predicted octanol–water partition coefficient (Wildman–Crippen LogP) is 18.4. The van der Waals surface area contributed by atoms with E-state index >= 15 is 0 Å². The molecule has 8 N–H and O–H groups in total. The number of carbonyl (C=O) groups is 4. The number of aromatic nitrogens is 6. The number of anilines is 4. The summed E-state index contributed by atoms with van der Waals surface area (Å²) in [6.07, 6.45) is 23.4. The molecule has 0 saturated carbocycles. The molecule has 150 heavy (non-hydrogen) atoms. The molecule has 10 aliphatic heterocycles. The van der Waals surface area contributed by atoms with Gasteiger partial charge in [-0.1, -0.05) is 23.7 Å². The van der Waals surface area contributed by atoms with Crippen LogP contribution < -0.4 is 47.8 Å². The first kappa shape index (κ1) is 104. The number of fused-ring (bicyclic) bond motifs is 8. The number of likely N-dealkylation sites (N-methyl/N-ethyl adjacent to an activating group) is 1. The van der Waals surface area contributed by atoms with Gasteiger partial charge in [0.05, 0.1) is 96.1 Å². The maximum Gasteiger partial charge on any atom is 0.261 e. The second-order valence-electron chi connectivity index (χ2n) is 41.5. The van der Waals surface area contributed by atoms with Gasteiger partial charge < -0.3 is 89.7 Å². The quantitative estimate of drug-likeness (QED) is 0.0179. The molecule has 0 aliphatic carbocycles. The maximum atomic E-state index is 13.2. The highest BCUT2D eigenvalue weighted by molar-refractivity contribution is 7.16. The lowest BCUT2D eigenvalue weighted by Gasteiger charge is -2.28. The zero-order valence-electron chi connectivity index (χ0n) is 86.6. The third-order valence-corrected chi connectivity index (χ3v) is 34.2. The smallest absolute Gasteiger partial charge is 0.261 e. The number of imidazole rings is 1. The Hall–Kier alpha value is -13.0. The number of likely N-dealkylation sites (tertiary alicyclic amines) is 3. The van der Waals surface area contributed by atoms with Crippen molar-refractivity contribution in [1.82, 2.24) is 69.1 Å². The lowest BCUT2D eigenvalue weighted by atomic mass is 9.99. The predicted molar refractivity (Wildman–Crippen MR) is 606 cm³/mol. The van der Waals surface area contributed by atoms with Gasteiger partial charge in [0.25, 0.3) is 45.9 Å². The number of aromatic amines is 5. The Labute approximate surface area is 894 Å². The van der Waals surface area contributed by atoms with Gasteiger partial charge in [0, 0.05) is 195 Å². The van der Waals surface area contributed by atoms with Gasteiger partial charge in [-0.05, 0) is 330 Å². The summed E-state index contributed by atoms with van der Waals surface area (Å²) in [6, 6.07) is 38.5. The molecule has 3 fully saturated rings. The van der Waals surface area contributed by atoms with Crippen LogP contribution in [0.5, 0.6) is 5.75 Å². The third-order valence-electron chi connectivity index (χ3n) is 30.2. The summed E-state index contributed by atoms with van der Waals surface area (Å²) in [5.74, 6) is 1.75. The second-order valence-corrected chi connectivity index (χ2v) is 46.4. The average molecular weight is 2120 g/mol. The molecule has 782 valence electrons. The molecular weight excluding hydrogens is 1980 g/mol. The molecule has 0 spiro atoms. The molecule has 13 aromatic rings. The van der Waals surface area contributed by atoms with Crippen molar-refractivity contribution < 1.29 is 23.9 Å². The number of thiophene rings is 4. The van der Waals surface area contributed by atoms with Crippen LogP contribution in [-0.4, -0.2) is 254 Å². The van der Waals surface area contributed by atoms with Gasteiger partial charge in [0.2, 0.25) is 0 Å². The van der Waals surface area contributed by atoms with Crippen LogP contribution in [-0.2, 0) is 71.1 Å². The Balaban J connectivity index is 0.000000121. The highest BCUT2D eigenvalue weighted by atomic mass is 35.5. The number of H-pyrrole nitrogens is 5. The number of hydrogen-bond donors (Lipinski definition) is 8. The van der Waals surface area contributed by atoms with E-state index in [1.807, 2.05) is 131 Å². The Morgan fingerprint density at radius 2 is 0.827 bits per heavy atom. The number of aliphatic imine (C=N–C) groups is 3. The summed E-state index contributed by atoms with van der Waals surface area (Å²) in [7, 11) is 7.81. The minimum absolute atomic E-state index is 0.0559. The summed E-state index contributed by atoms with van der Waals surface area (Å²) in [4.78, 5) is 163. The van der Waals surface area contributed by atoms with E-state index in [4.69, 9.17) is 36.3 Å². The van der Waals surface area contributed by atoms with E-state index in [1.165, 1.54) is 92.4 Å². The number of nitrogens with zero attached hydrogens (tertiary/aromatic N) is 13. The molecule has 23 rings (SSSR count). The van der Waals surface area contributed by atoms with E-state index in [0.29, 0.717) is 90.3 Å². The van der Waals surface area contributed by atoms with Crippen molar-refractivity contribution in [3.05, 3.63) is 299 Å². The number of nitrogens with one attached hydrogen (secondary N) is 8. The molecule has 4 atom stereocenters. The molecule has 0 bridgehead atoms. The number of hydrogen-bond acceptors (Lipinski definition) is 25. The number of halogens is 1. The Bertz CT molecular complexity index is 7500. The van der Waals surface area contributed by atoms with Gasteiger partial charge >= 0.3 is 0 Å². The highest BCUT2D eigenvalue weighted by Gasteiger charge is 2.38. The average Bonchev–Trinajstić information content (AvgIpc) is 1.62. The van der Waals surface area contributed by atoms with Gasteiger partial charge in [0.15, 0.2) is 0 Å². The molecule has 4 aromatic carbocycles. The van der Waals surface area contributed by atoms with E-state index in [2.05, 4.69) is 134 Å². The fraction of sp³-hybridized carbons (Fsp3) is 0.409. The third kappa shape index (κ3) is 23.8. The van der Waals surface area contributed by atoms with Crippen molar-refractivity contribution in [2.24, 2.45) is 15.0 Å². The number of rotatable bonds is 37. The number of methoxy groups -OCH3 is 1. The number of pyridine rings is 4. The van der Waals surface area contributed by atoms with Crippen molar-refractivity contribution in [2.45, 2.75) is 187 Å². The number of ether oxygens (including phenoxy) is 1. The van der Waals surface area contributed by atoms with Crippen LogP contribution >= 0.6 is 56.9 Å². The molecule has 19 heterocycles. The molecule has 0 radical (unpaired) electrons. The molecule has 9 aromatic heterocycles. The van der Waals surface area contributed by atoms with Crippen molar-refractivity contribution in [3.63, 3.8) is 0 Å². The number of carbonyl (C=O) groups excluding carboxylic acids is 4. The lowest BCUT2D eigenvalue weighted by molar-refractivity contribution is 0.0765. The summed E-state index contributed by atoms with van der Waals surface area (Å²) < 4.78 is 6.23. The van der Waals surface area contributed by atoms with Crippen LogP contribution in [0.4, 0.5) is 39.8 Å². The highest BCUT2D eigenvalue weighted by Crippen LogP contribution is 2.43. The molecule has 2 unspecified atom stereocenters. The molecule has 3 saturated heterocycles. The zero-order chi connectivity index (χ0) is 104. The first-order chi connectivity index (χ1) is 72.8. The van der Waals surface area contributed by atoms with Crippen molar-refractivity contribution in [2.75, 3.05) is 141 Å². The van der Waals surface area contributed by atoms with Gasteiger partial charge in [-0.15, -0.1) is 45.3 Å². The van der Waals surface area contributed by atoms with Crippen LogP contribution in [0.15, 0.2) is 190 Å². The largest absolute Gasteiger partial charge is 0.496 e. The van der Waals surface area contributed by atoms with Crippen LogP contribution in [0.3, 0.4) is 0 Å². The van der Waals surface area contributed by atoms with E-state index < -0.39 is 0 Å². The normalized spacial score (nSPS) is 16.7.